The molecule has 5 nitrogen and oxygen atoms in total. The molecule has 0 fully saturated rings. The molecule has 0 heterocycles. The first-order valence-electron chi connectivity index (χ1n) is 7.25. The van der Waals surface area contributed by atoms with Crippen LogP contribution in [0.1, 0.15) is 11.1 Å². The van der Waals surface area contributed by atoms with Crippen LogP contribution >= 0.6 is 0 Å². The van der Waals surface area contributed by atoms with E-state index in [9.17, 15) is 18.4 Å². The number of amides is 3. The first kappa shape index (κ1) is 17.4. The Hall–Kier alpha value is -2.96. The Morgan fingerprint density at radius 3 is 2.21 bits per heavy atom. The van der Waals surface area contributed by atoms with E-state index in [1.807, 2.05) is 31.2 Å². The number of benzene rings is 2. The zero-order chi connectivity index (χ0) is 17.5. The minimum Gasteiger partial charge on any atom is -0.334 e. The Morgan fingerprint density at radius 2 is 1.58 bits per heavy atom. The molecule has 0 bridgehead atoms. The normalized spacial score (nSPS) is 10.1. The summed E-state index contributed by atoms with van der Waals surface area (Å²) in [5, 5.41) is 7.27. The average molecular weight is 333 g/mol. The first-order chi connectivity index (χ1) is 11.4. The number of halogens is 2. The summed E-state index contributed by atoms with van der Waals surface area (Å²) in [5.74, 6) is -2.19. The van der Waals surface area contributed by atoms with Crippen molar-refractivity contribution in [1.82, 2.24) is 10.6 Å². The zero-order valence-electron chi connectivity index (χ0n) is 13.0. The Morgan fingerprint density at radius 1 is 0.958 bits per heavy atom. The van der Waals surface area contributed by atoms with Crippen molar-refractivity contribution >= 4 is 17.6 Å². The minimum atomic E-state index is -0.797. The van der Waals surface area contributed by atoms with Gasteiger partial charge in [0.05, 0.1) is 6.54 Å². The molecule has 0 atom stereocenters. The number of carbonyl (C=O) groups is 2. The molecule has 0 aliphatic carbocycles. The lowest BCUT2D eigenvalue weighted by Gasteiger charge is -2.09. The maximum Gasteiger partial charge on any atom is 0.315 e. The SMILES string of the molecule is Cc1ccc(CNC(=O)NCC(=O)Nc2cc(F)cc(F)c2)cc1. The van der Waals surface area contributed by atoms with E-state index in [2.05, 4.69) is 16.0 Å². The number of urea groups is 1. The summed E-state index contributed by atoms with van der Waals surface area (Å²) in [6.07, 6.45) is 0. The number of hydrogen-bond donors (Lipinski definition) is 3. The zero-order valence-corrected chi connectivity index (χ0v) is 13.0. The quantitative estimate of drug-likeness (QED) is 0.787. The van der Waals surface area contributed by atoms with Crippen LogP contribution in [0.2, 0.25) is 0 Å². The second-order valence-electron chi connectivity index (χ2n) is 5.23. The highest BCUT2D eigenvalue weighted by Crippen LogP contribution is 2.12. The number of carbonyl (C=O) groups excluding carboxylic acids is 2. The van der Waals surface area contributed by atoms with Gasteiger partial charge in [0, 0.05) is 18.3 Å². The fourth-order valence-electron chi connectivity index (χ4n) is 1.94. The van der Waals surface area contributed by atoms with Gasteiger partial charge in [0.1, 0.15) is 11.6 Å². The van der Waals surface area contributed by atoms with Crippen molar-refractivity contribution in [2.45, 2.75) is 13.5 Å². The number of nitrogens with one attached hydrogen (secondary N) is 3. The summed E-state index contributed by atoms with van der Waals surface area (Å²) in [4.78, 5) is 23.3. The highest BCUT2D eigenvalue weighted by atomic mass is 19.1. The lowest BCUT2D eigenvalue weighted by atomic mass is 10.1. The molecule has 0 aromatic heterocycles. The van der Waals surface area contributed by atoms with Gasteiger partial charge in [-0.1, -0.05) is 29.8 Å². The smallest absolute Gasteiger partial charge is 0.315 e. The molecule has 0 spiro atoms. The standard InChI is InChI=1S/C17H17F2N3O2/c1-11-2-4-12(5-3-11)9-20-17(24)21-10-16(23)22-15-7-13(18)6-14(19)8-15/h2-8H,9-10H2,1H3,(H,22,23)(H2,20,21,24). The van der Waals surface area contributed by atoms with Gasteiger partial charge in [-0.3, -0.25) is 4.79 Å². The molecule has 24 heavy (non-hydrogen) atoms. The maximum atomic E-state index is 13.0. The van der Waals surface area contributed by atoms with Gasteiger partial charge in [0.15, 0.2) is 0 Å². The molecule has 0 aliphatic rings. The fourth-order valence-corrected chi connectivity index (χ4v) is 1.94. The summed E-state index contributed by atoms with van der Waals surface area (Å²) in [6, 6.07) is 9.79. The van der Waals surface area contributed by atoms with Crippen LogP contribution in [0.3, 0.4) is 0 Å². The van der Waals surface area contributed by atoms with E-state index < -0.39 is 23.6 Å². The van der Waals surface area contributed by atoms with Crippen LogP contribution in [0.25, 0.3) is 0 Å². The third-order valence-corrected chi connectivity index (χ3v) is 3.13. The molecule has 3 N–H and O–H groups in total. The molecule has 2 aromatic carbocycles. The van der Waals surface area contributed by atoms with Crippen LogP contribution in [-0.4, -0.2) is 18.5 Å². The van der Waals surface area contributed by atoms with E-state index in [0.29, 0.717) is 12.6 Å². The van der Waals surface area contributed by atoms with Gasteiger partial charge in [0.2, 0.25) is 5.91 Å². The van der Waals surface area contributed by atoms with Gasteiger partial charge in [0.25, 0.3) is 0 Å². The van der Waals surface area contributed by atoms with Crippen molar-refractivity contribution in [3.8, 4) is 0 Å². The summed E-state index contributed by atoms with van der Waals surface area (Å²) in [7, 11) is 0. The van der Waals surface area contributed by atoms with Gasteiger partial charge in [-0.2, -0.15) is 0 Å². The molecular formula is C17H17F2N3O2. The van der Waals surface area contributed by atoms with Crippen molar-refractivity contribution in [2.24, 2.45) is 0 Å². The average Bonchev–Trinajstić information content (AvgIpc) is 2.51. The van der Waals surface area contributed by atoms with Crippen molar-refractivity contribution in [3.63, 3.8) is 0 Å². The molecule has 7 heteroatoms. The highest BCUT2D eigenvalue weighted by Gasteiger charge is 2.07. The van der Waals surface area contributed by atoms with Crippen LogP contribution in [0.4, 0.5) is 19.3 Å². The summed E-state index contributed by atoms with van der Waals surface area (Å²) in [6.45, 7) is 1.97. The monoisotopic (exact) mass is 333 g/mol. The van der Waals surface area contributed by atoms with E-state index >= 15 is 0 Å². The van der Waals surface area contributed by atoms with E-state index in [1.165, 1.54) is 0 Å². The van der Waals surface area contributed by atoms with Gasteiger partial charge < -0.3 is 16.0 Å². The largest absolute Gasteiger partial charge is 0.334 e. The van der Waals surface area contributed by atoms with E-state index in [1.54, 1.807) is 0 Å². The Labute approximate surface area is 138 Å². The molecule has 0 aliphatic heterocycles. The molecule has 0 saturated heterocycles. The second kappa shape index (κ2) is 8.05. The number of hydrogen-bond acceptors (Lipinski definition) is 2. The molecule has 0 radical (unpaired) electrons. The van der Waals surface area contributed by atoms with Crippen LogP contribution < -0.4 is 16.0 Å². The van der Waals surface area contributed by atoms with Crippen LogP contribution in [0.15, 0.2) is 42.5 Å². The van der Waals surface area contributed by atoms with Crippen molar-refractivity contribution in [2.75, 3.05) is 11.9 Å². The predicted molar refractivity (Wildman–Crippen MR) is 86.4 cm³/mol. The number of aryl methyl sites for hydroxylation is 1. The fraction of sp³-hybridized carbons (Fsp3) is 0.176. The second-order valence-corrected chi connectivity index (χ2v) is 5.23. The molecule has 2 rings (SSSR count). The minimum absolute atomic E-state index is 0.0145. The van der Waals surface area contributed by atoms with Gasteiger partial charge in [-0.25, -0.2) is 13.6 Å². The van der Waals surface area contributed by atoms with Gasteiger partial charge in [-0.05, 0) is 24.6 Å². The van der Waals surface area contributed by atoms with Crippen LogP contribution in [-0.2, 0) is 11.3 Å². The predicted octanol–water partition coefficient (Wildman–Crippen LogP) is 2.71. The highest BCUT2D eigenvalue weighted by molar-refractivity contribution is 5.94. The Balaban J connectivity index is 1.74. The summed E-state index contributed by atoms with van der Waals surface area (Å²) in [5.41, 5.74) is 2.03. The third kappa shape index (κ3) is 5.68. The molecule has 2 aromatic rings. The number of rotatable bonds is 5. The Bertz CT molecular complexity index is 713. The van der Waals surface area contributed by atoms with Crippen molar-refractivity contribution in [3.05, 3.63) is 65.2 Å². The Kier molecular flexibility index (Phi) is 5.83. The van der Waals surface area contributed by atoms with E-state index in [4.69, 9.17) is 0 Å². The molecule has 0 unspecified atom stereocenters. The van der Waals surface area contributed by atoms with Gasteiger partial charge in [-0.15, -0.1) is 0 Å². The van der Waals surface area contributed by atoms with E-state index in [0.717, 1.165) is 23.3 Å². The molecular weight excluding hydrogens is 316 g/mol. The molecule has 126 valence electrons. The number of anilines is 1. The molecule has 0 saturated carbocycles. The first-order valence-corrected chi connectivity index (χ1v) is 7.25. The van der Waals surface area contributed by atoms with Gasteiger partial charge >= 0.3 is 6.03 Å². The molecule has 3 amide bonds. The van der Waals surface area contributed by atoms with Crippen molar-refractivity contribution < 1.29 is 18.4 Å². The summed E-state index contributed by atoms with van der Waals surface area (Å²) >= 11 is 0. The maximum absolute atomic E-state index is 13.0. The topological polar surface area (TPSA) is 70.2 Å². The van der Waals surface area contributed by atoms with E-state index in [-0.39, 0.29) is 12.2 Å². The summed E-state index contributed by atoms with van der Waals surface area (Å²) < 4.78 is 26.0. The van der Waals surface area contributed by atoms with Crippen molar-refractivity contribution in [1.29, 1.82) is 0 Å². The lowest BCUT2D eigenvalue weighted by molar-refractivity contribution is -0.115. The third-order valence-electron chi connectivity index (χ3n) is 3.13. The van der Waals surface area contributed by atoms with Crippen LogP contribution in [0.5, 0.6) is 0 Å². The van der Waals surface area contributed by atoms with Crippen LogP contribution in [0, 0.1) is 18.6 Å². The lowest BCUT2D eigenvalue weighted by Crippen LogP contribution is -2.39.